The van der Waals surface area contributed by atoms with E-state index in [1.807, 2.05) is 35.2 Å². The highest BCUT2D eigenvalue weighted by Crippen LogP contribution is 2.17. The number of nitrogens with two attached hydrogens (primary N) is 1. The Hall–Kier alpha value is -1.95. The van der Waals surface area contributed by atoms with Gasteiger partial charge in [0.2, 0.25) is 5.91 Å². The summed E-state index contributed by atoms with van der Waals surface area (Å²) in [6, 6.07) is 9.97. The van der Waals surface area contributed by atoms with Gasteiger partial charge in [0.1, 0.15) is 0 Å². The van der Waals surface area contributed by atoms with E-state index in [0.29, 0.717) is 37.5 Å². The van der Waals surface area contributed by atoms with Crippen molar-refractivity contribution >= 4 is 29.0 Å². The zero-order valence-electron chi connectivity index (χ0n) is 12.5. The molecule has 1 aliphatic rings. The first-order valence-corrected chi connectivity index (χ1v) is 7.89. The van der Waals surface area contributed by atoms with Crippen molar-refractivity contribution in [2.75, 3.05) is 19.6 Å². The zero-order chi connectivity index (χ0) is 15.9. The molecule has 6 heteroatoms. The number of carbonyl (C=O) groups is 2. The number of nitrogens with one attached hydrogen (secondary N) is 1. The van der Waals surface area contributed by atoms with E-state index in [1.165, 1.54) is 5.56 Å². The van der Waals surface area contributed by atoms with Crippen LogP contribution in [0.5, 0.6) is 0 Å². The summed E-state index contributed by atoms with van der Waals surface area (Å²) >= 11 is 5.23. The number of hydrogen-bond acceptors (Lipinski definition) is 3. The second-order valence-electron chi connectivity index (χ2n) is 5.46. The van der Waals surface area contributed by atoms with Crippen molar-refractivity contribution in [3.8, 4) is 0 Å². The molecule has 1 saturated heterocycles. The first-order chi connectivity index (χ1) is 10.6. The molecule has 0 atom stereocenters. The second-order valence-corrected chi connectivity index (χ2v) is 5.85. The molecule has 0 saturated carbocycles. The van der Waals surface area contributed by atoms with Crippen LogP contribution in [0.1, 0.15) is 18.4 Å². The second kappa shape index (κ2) is 7.89. The van der Waals surface area contributed by atoms with Crippen LogP contribution < -0.4 is 11.1 Å². The lowest BCUT2D eigenvalue weighted by Crippen LogP contribution is -2.47. The number of thiocarbonyl (C=S) groups is 1. The fraction of sp³-hybridized carbons (Fsp3) is 0.438. The van der Waals surface area contributed by atoms with Crippen LogP contribution in [0.4, 0.5) is 0 Å². The maximum Gasteiger partial charge on any atom is 0.278 e. The number of likely N-dealkylation sites (tertiary alicyclic amines) is 1. The van der Waals surface area contributed by atoms with E-state index in [1.54, 1.807) is 0 Å². The van der Waals surface area contributed by atoms with Gasteiger partial charge in [0.25, 0.3) is 5.91 Å². The fourth-order valence-electron chi connectivity index (χ4n) is 2.55. The monoisotopic (exact) mass is 319 g/mol. The van der Waals surface area contributed by atoms with Crippen LogP contribution >= 0.6 is 12.2 Å². The van der Waals surface area contributed by atoms with E-state index in [4.69, 9.17) is 18.0 Å². The van der Waals surface area contributed by atoms with Crippen molar-refractivity contribution in [1.29, 1.82) is 0 Å². The molecule has 1 fully saturated rings. The van der Waals surface area contributed by atoms with Crippen LogP contribution in [0.2, 0.25) is 0 Å². The minimum Gasteiger partial charge on any atom is -0.369 e. The van der Waals surface area contributed by atoms with Gasteiger partial charge in [-0.05, 0) is 24.8 Å². The van der Waals surface area contributed by atoms with Crippen LogP contribution in [0.3, 0.4) is 0 Å². The number of primary amides is 1. The average Bonchev–Trinajstić information content (AvgIpc) is 2.55. The molecule has 1 aromatic carbocycles. The van der Waals surface area contributed by atoms with Gasteiger partial charge < -0.3 is 16.0 Å². The minimum atomic E-state index is -0.266. The fourth-order valence-corrected chi connectivity index (χ4v) is 2.81. The van der Waals surface area contributed by atoms with Crippen molar-refractivity contribution in [2.24, 2.45) is 11.7 Å². The summed E-state index contributed by atoms with van der Waals surface area (Å²) in [5, 5.41) is 2.85. The molecule has 1 heterocycles. The number of carbonyl (C=O) groups excluding carboxylic acids is 2. The third-order valence-corrected chi connectivity index (χ3v) is 4.36. The third-order valence-electron chi connectivity index (χ3n) is 3.92. The molecule has 0 unspecified atom stereocenters. The van der Waals surface area contributed by atoms with E-state index >= 15 is 0 Å². The number of hydrogen-bond donors (Lipinski definition) is 2. The van der Waals surface area contributed by atoms with Gasteiger partial charge in [0.05, 0.1) is 0 Å². The van der Waals surface area contributed by atoms with Crippen LogP contribution in [0, 0.1) is 5.92 Å². The summed E-state index contributed by atoms with van der Waals surface area (Å²) < 4.78 is 0. The Kier molecular flexibility index (Phi) is 5.89. The number of nitrogens with zero attached hydrogens (tertiary/aromatic N) is 1. The van der Waals surface area contributed by atoms with Crippen LogP contribution in [0.25, 0.3) is 0 Å². The molecule has 3 N–H and O–H groups in total. The topological polar surface area (TPSA) is 75.4 Å². The molecular weight excluding hydrogens is 298 g/mol. The normalized spacial score (nSPS) is 15.4. The first-order valence-electron chi connectivity index (χ1n) is 7.48. The van der Waals surface area contributed by atoms with E-state index in [2.05, 4.69) is 5.32 Å². The molecule has 5 nitrogen and oxygen atoms in total. The van der Waals surface area contributed by atoms with Crippen molar-refractivity contribution in [1.82, 2.24) is 10.2 Å². The lowest BCUT2D eigenvalue weighted by molar-refractivity contribution is -0.122. The Balaban J connectivity index is 1.73. The van der Waals surface area contributed by atoms with Crippen molar-refractivity contribution < 1.29 is 9.59 Å². The molecule has 1 aromatic rings. The largest absolute Gasteiger partial charge is 0.369 e. The maximum atomic E-state index is 12.1. The Bertz CT molecular complexity index is 540. The van der Waals surface area contributed by atoms with E-state index in [9.17, 15) is 9.59 Å². The van der Waals surface area contributed by atoms with Gasteiger partial charge in [0.15, 0.2) is 4.99 Å². The van der Waals surface area contributed by atoms with Gasteiger partial charge in [-0.1, -0.05) is 42.5 Å². The summed E-state index contributed by atoms with van der Waals surface area (Å²) in [7, 11) is 0. The highest BCUT2D eigenvalue weighted by atomic mass is 32.1. The first kappa shape index (κ1) is 16.4. The summed E-state index contributed by atoms with van der Waals surface area (Å²) in [4.78, 5) is 25.4. The lowest BCUT2D eigenvalue weighted by atomic mass is 9.96. The Morgan fingerprint density at radius 3 is 2.45 bits per heavy atom. The van der Waals surface area contributed by atoms with Crippen molar-refractivity contribution in [3.05, 3.63) is 35.9 Å². The molecular formula is C16H21N3O2S. The van der Waals surface area contributed by atoms with Gasteiger partial charge in [-0.3, -0.25) is 9.59 Å². The average molecular weight is 319 g/mol. The minimum absolute atomic E-state index is 0.0970. The SMILES string of the molecule is NC(=O)C1CCN(C(=S)C(=O)NCCc2ccccc2)CC1. The Morgan fingerprint density at radius 1 is 1.23 bits per heavy atom. The van der Waals surface area contributed by atoms with Gasteiger partial charge in [-0.15, -0.1) is 0 Å². The van der Waals surface area contributed by atoms with Gasteiger partial charge in [-0.25, -0.2) is 0 Å². The highest BCUT2D eigenvalue weighted by molar-refractivity contribution is 7.82. The Morgan fingerprint density at radius 2 is 1.86 bits per heavy atom. The molecule has 0 aromatic heterocycles. The smallest absolute Gasteiger partial charge is 0.278 e. The van der Waals surface area contributed by atoms with Gasteiger partial charge in [-0.2, -0.15) is 0 Å². The van der Waals surface area contributed by atoms with Crippen LogP contribution in [0.15, 0.2) is 30.3 Å². The molecule has 0 aliphatic carbocycles. The number of piperidine rings is 1. The third kappa shape index (κ3) is 4.53. The van der Waals surface area contributed by atoms with Crippen LogP contribution in [-0.4, -0.2) is 41.3 Å². The quantitative estimate of drug-likeness (QED) is 0.808. The van der Waals surface area contributed by atoms with Crippen molar-refractivity contribution in [2.45, 2.75) is 19.3 Å². The Labute approximate surface area is 135 Å². The number of rotatable bonds is 4. The van der Waals surface area contributed by atoms with E-state index < -0.39 is 0 Å². The molecule has 118 valence electrons. The van der Waals surface area contributed by atoms with E-state index in [0.717, 1.165) is 6.42 Å². The zero-order valence-corrected chi connectivity index (χ0v) is 13.3. The lowest BCUT2D eigenvalue weighted by Gasteiger charge is -2.31. The maximum absolute atomic E-state index is 12.1. The number of amides is 2. The predicted molar refractivity (Wildman–Crippen MR) is 89.2 cm³/mol. The summed E-state index contributed by atoms with van der Waals surface area (Å²) in [6.45, 7) is 1.78. The van der Waals surface area contributed by atoms with Gasteiger partial charge >= 0.3 is 0 Å². The van der Waals surface area contributed by atoms with Crippen molar-refractivity contribution in [3.63, 3.8) is 0 Å². The molecule has 0 radical (unpaired) electrons. The summed E-state index contributed by atoms with van der Waals surface area (Å²) in [6.07, 6.45) is 2.10. The number of benzene rings is 1. The molecule has 0 bridgehead atoms. The highest BCUT2D eigenvalue weighted by Gasteiger charge is 2.26. The molecule has 2 rings (SSSR count). The summed E-state index contributed by atoms with van der Waals surface area (Å²) in [5.74, 6) is -0.582. The van der Waals surface area contributed by atoms with Crippen LogP contribution in [-0.2, 0) is 16.0 Å². The molecule has 2 amide bonds. The molecule has 0 spiro atoms. The standard InChI is InChI=1S/C16H21N3O2S/c17-14(20)13-7-10-19(11-8-13)16(22)15(21)18-9-6-12-4-2-1-3-5-12/h1-5,13H,6-11H2,(H2,17,20)(H,18,21). The predicted octanol–water partition coefficient (Wildman–Crippen LogP) is 0.870. The molecule has 22 heavy (non-hydrogen) atoms. The van der Waals surface area contributed by atoms with Gasteiger partial charge in [0, 0.05) is 25.6 Å². The molecule has 1 aliphatic heterocycles. The summed E-state index contributed by atoms with van der Waals surface area (Å²) in [5.41, 5.74) is 6.48. The van der Waals surface area contributed by atoms with E-state index in [-0.39, 0.29) is 17.7 Å².